The number of hydrogen-bond acceptors (Lipinski definition) is 4. The van der Waals surface area contributed by atoms with Crippen LogP contribution in [-0.2, 0) is 9.59 Å². The highest BCUT2D eigenvalue weighted by atomic mass is 16.2. The normalized spacial score (nSPS) is 14.8. The van der Waals surface area contributed by atoms with Gasteiger partial charge in [0.25, 0.3) is 0 Å². The van der Waals surface area contributed by atoms with Crippen molar-refractivity contribution in [3.05, 3.63) is 24.4 Å². The second-order valence-corrected chi connectivity index (χ2v) is 5.36. The molecule has 1 saturated heterocycles. The third-order valence-corrected chi connectivity index (χ3v) is 3.77. The van der Waals surface area contributed by atoms with Crippen LogP contribution in [-0.4, -0.2) is 54.4 Å². The van der Waals surface area contributed by atoms with Crippen LogP contribution in [0.4, 0.5) is 5.82 Å². The van der Waals surface area contributed by atoms with Crippen LogP contribution < -0.4 is 10.2 Å². The fraction of sp³-hybridized carbons (Fsp3) is 0.562. The molecule has 0 radical (unpaired) electrons. The van der Waals surface area contributed by atoms with E-state index >= 15 is 0 Å². The summed E-state index contributed by atoms with van der Waals surface area (Å²) in [5.41, 5.74) is 0. The third kappa shape index (κ3) is 4.72. The largest absolute Gasteiger partial charge is 0.356 e. The minimum absolute atomic E-state index is 0.0234. The molecule has 1 aromatic rings. The molecule has 0 spiro atoms. The number of pyridine rings is 1. The molecule has 1 aliphatic rings. The van der Waals surface area contributed by atoms with E-state index in [4.69, 9.17) is 0 Å². The van der Waals surface area contributed by atoms with Crippen LogP contribution in [0.15, 0.2) is 24.4 Å². The highest BCUT2D eigenvalue weighted by Gasteiger charge is 2.21. The third-order valence-electron chi connectivity index (χ3n) is 3.77. The van der Waals surface area contributed by atoms with Crippen molar-refractivity contribution in [1.29, 1.82) is 0 Å². The van der Waals surface area contributed by atoms with Crippen LogP contribution >= 0.6 is 0 Å². The first-order valence-electron chi connectivity index (χ1n) is 7.91. The van der Waals surface area contributed by atoms with Gasteiger partial charge in [0.2, 0.25) is 11.8 Å². The Morgan fingerprint density at radius 1 is 1.18 bits per heavy atom. The van der Waals surface area contributed by atoms with Crippen molar-refractivity contribution in [2.45, 2.75) is 26.2 Å². The molecule has 0 unspecified atom stereocenters. The molecule has 0 atom stereocenters. The molecule has 1 fully saturated rings. The Bertz CT molecular complexity index is 484. The average Bonchev–Trinajstić information content (AvgIpc) is 2.56. The zero-order chi connectivity index (χ0) is 15.8. The van der Waals surface area contributed by atoms with Gasteiger partial charge < -0.3 is 15.1 Å². The van der Waals surface area contributed by atoms with E-state index in [1.165, 1.54) is 0 Å². The number of carbonyl (C=O) groups excluding carboxylic acids is 2. The van der Waals surface area contributed by atoms with Crippen molar-refractivity contribution in [2.24, 2.45) is 0 Å². The minimum Gasteiger partial charge on any atom is -0.356 e. The second-order valence-electron chi connectivity index (χ2n) is 5.36. The summed E-state index contributed by atoms with van der Waals surface area (Å²) in [6.07, 6.45) is 3.27. The lowest BCUT2D eigenvalue weighted by Gasteiger charge is -2.35. The minimum atomic E-state index is 0.0234. The maximum Gasteiger partial charge on any atom is 0.222 e. The van der Waals surface area contributed by atoms with Crippen molar-refractivity contribution >= 4 is 17.6 Å². The predicted molar refractivity (Wildman–Crippen MR) is 85.6 cm³/mol. The highest BCUT2D eigenvalue weighted by molar-refractivity contribution is 5.79. The Balaban J connectivity index is 1.70. The number of rotatable bonds is 6. The van der Waals surface area contributed by atoms with Crippen molar-refractivity contribution in [3.8, 4) is 0 Å². The van der Waals surface area contributed by atoms with Gasteiger partial charge in [0.15, 0.2) is 0 Å². The summed E-state index contributed by atoms with van der Waals surface area (Å²) < 4.78 is 0. The molecular formula is C16H24N4O2. The maximum atomic E-state index is 12.1. The molecule has 1 N–H and O–H groups in total. The number of hydrogen-bond donors (Lipinski definition) is 1. The van der Waals surface area contributed by atoms with Gasteiger partial charge in [0.1, 0.15) is 5.82 Å². The van der Waals surface area contributed by atoms with E-state index in [1.54, 1.807) is 6.20 Å². The van der Waals surface area contributed by atoms with Crippen molar-refractivity contribution < 1.29 is 9.59 Å². The molecule has 6 heteroatoms. The number of amides is 2. The van der Waals surface area contributed by atoms with E-state index in [-0.39, 0.29) is 11.8 Å². The first kappa shape index (κ1) is 16.3. The van der Waals surface area contributed by atoms with E-state index in [9.17, 15) is 9.59 Å². The van der Waals surface area contributed by atoms with Crippen LogP contribution in [0.1, 0.15) is 26.2 Å². The molecule has 0 bridgehead atoms. The molecule has 6 nitrogen and oxygen atoms in total. The number of anilines is 1. The summed E-state index contributed by atoms with van der Waals surface area (Å²) >= 11 is 0. The Morgan fingerprint density at radius 2 is 1.95 bits per heavy atom. The first-order valence-corrected chi connectivity index (χ1v) is 7.91. The van der Waals surface area contributed by atoms with Gasteiger partial charge in [-0.05, 0) is 25.5 Å². The van der Waals surface area contributed by atoms with Crippen molar-refractivity contribution in [1.82, 2.24) is 15.2 Å². The molecular weight excluding hydrogens is 280 g/mol. The molecule has 0 aromatic carbocycles. The van der Waals surface area contributed by atoms with E-state index in [0.29, 0.717) is 25.8 Å². The second kappa shape index (κ2) is 8.36. The topological polar surface area (TPSA) is 65.5 Å². The first-order chi connectivity index (χ1) is 10.7. The van der Waals surface area contributed by atoms with Gasteiger partial charge >= 0.3 is 0 Å². The molecule has 2 rings (SSSR count). The van der Waals surface area contributed by atoms with Crippen LogP contribution in [0.5, 0.6) is 0 Å². The fourth-order valence-electron chi connectivity index (χ4n) is 2.57. The monoisotopic (exact) mass is 304 g/mol. The molecule has 2 heterocycles. The van der Waals surface area contributed by atoms with Gasteiger partial charge in [-0.15, -0.1) is 0 Å². The number of nitrogens with one attached hydrogen (secondary N) is 1. The molecule has 0 aliphatic carbocycles. The van der Waals surface area contributed by atoms with E-state index < -0.39 is 0 Å². The van der Waals surface area contributed by atoms with Gasteiger partial charge in [-0.25, -0.2) is 4.98 Å². The number of carbonyl (C=O) groups is 2. The Kier molecular flexibility index (Phi) is 6.18. The smallest absolute Gasteiger partial charge is 0.222 e. The molecule has 1 aromatic heterocycles. The standard InChI is InChI=1S/C16H24N4O2/c1-2-17-15(21)7-5-8-16(22)20-12-10-19(11-13-20)14-6-3-4-9-18-14/h3-4,6,9H,2,5,7-8,10-13H2,1H3,(H,17,21). The highest BCUT2D eigenvalue weighted by Crippen LogP contribution is 2.13. The number of aromatic nitrogens is 1. The van der Waals surface area contributed by atoms with Gasteiger partial charge in [0.05, 0.1) is 0 Å². The van der Waals surface area contributed by atoms with E-state index in [0.717, 1.165) is 32.0 Å². The molecule has 22 heavy (non-hydrogen) atoms. The van der Waals surface area contributed by atoms with Crippen molar-refractivity contribution in [2.75, 3.05) is 37.6 Å². The van der Waals surface area contributed by atoms with Gasteiger partial charge in [-0.2, -0.15) is 0 Å². The molecule has 2 amide bonds. The lowest BCUT2D eigenvalue weighted by atomic mass is 10.2. The molecule has 120 valence electrons. The van der Waals surface area contributed by atoms with E-state index in [2.05, 4.69) is 15.2 Å². The number of nitrogens with zero attached hydrogens (tertiary/aromatic N) is 3. The maximum absolute atomic E-state index is 12.1. The lowest BCUT2D eigenvalue weighted by Crippen LogP contribution is -2.49. The Hall–Kier alpha value is -2.11. The summed E-state index contributed by atoms with van der Waals surface area (Å²) in [7, 11) is 0. The fourth-order valence-corrected chi connectivity index (χ4v) is 2.57. The summed E-state index contributed by atoms with van der Waals surface area (Å²) in [6, 6.07) is 5.86. The summed E-state index contributed by atoms with van der Waals surface area (Å²) in [5.74, 6) is 1.13. The zero-order valence-electron chi connectivity index (χ0n) is 13.1. The predicted octanol–water partition coefficient (Wildman–Crippen LogP) is 1.04. The Morgan fingerprint density at radius 3 is 2.59 bits per heavy atom. The van der Waals surface area contributed by atoms with Gasteiger partial charge in [-0.1, -0.05) is 6.07 Å². The average molecular weight is 304 g/mol. The van der Waals surface area contributed by atoms with Gasteiger partial charge in [-0.3, -0.25) is 9.59 Å². The number of piperazine rings is 1. The Labute approximate surface area is 131 Å². The van der Waals surface area contributed by atoms with E-state index in [1.807, 2.05) is 30.0 Å². The van der Waals surface area contributed by atoms with Crippen LogP contribution in [0.3, 0.4) is 0 Å². The van der Waals surface area contributed by atoms with Crippen LogP contribution in [0, 0.1) is 0 Å². The van der Waals surface area contributed by atoms with Crippen molar-refractivity contribution in [3.63, 3.8) is 0 Å². The zero-order valence-corrected chi connectivity index (χ0v) is 13.1. The van der Waals surface area contributed by atoms with Crippen LogP contribution in [0.25, 0.3) is 0 Å². The molecule has 0 saturated carbocycles. The van der Waals surface area contributed by atoms with Crippen LogP contribution in [0.2, 0.25) is 0 Å². The quantitative estimate of drug-likeness (QED) is 0.853. The summed E-state index contributed by atoms with van der Waals surface area (Å²) in [4.78, 5) is 31.9. The van der Waals surface area contributed by atoms with Gasteiger partial charge in [0, 0.05) is 51.8 Å². The summed E-state index contributed by atoms with van der Waals surface area (Å²) in [6.45, 7) is 5.58. The summed E-state index contributed by atoms with van der Waals surface area (Å²) in [5, 5.41) is 2.75. The molecule has 1 aliphatic heterocycles. The SMILES string of the molecule is CCNC(=O)CCCC(=O)N1CCN(c2ccccn2)CC1. The lowest BCUT2D eigenvalue weighted by molar-refractivity contribution is -0.131.